The number of halogens is 2. The van der Waals surface area contributed by atoms with Crippen molar-refractivity contribution in [3.63, 3.8) is 0 Å². The average Bonchev–Trinajstić information content (AvgIpc) is 2.42. The molecular formula is C14H19F2NaO6S. The molecule has 0 aromatic rings. The molecule has 0 amide bonds. The number of carbonyl (C=O) groups is 1. The summed E-state index contributed by atoms with van der Waals surface area (Å²) in [6.45, 7) is -0.313. The summed E-state index contributed by atoms with van der Waals surface area (Å²) in [6, 6.07) is 0. The molecule has 4 rings (SSSR count). The van der Waals surface area contributed by atoms with Gasteiger partial charge in [-0.15, -0.1) is 0 Å². The van der Waals surface area contributed by atoms with E-state index in [1.807, 2.05) is 0 Å². The van der Waals surface area contributed by atoms with E-state index in [4.69, 9.17) is 0 Å². The summed E-state index contributed by atoms with van der Waals surface area (Å²) in [5.41, 5.74) is -0.741. The maximum atomic E-state index is 13.2. The summed E-state index contributed by atoms with van der Waals surface area (Å²) in [5.74, 6) is -1.57. The van der Waals surface area contributed by atoms with Crippen LogP contribution >= 0.6 is 0 Å². The molecule has 0 heterocycles. The van der Waals surface area contributed by atoms with E-state index in [0.717, 1.165) is 19.3 Å². The number of alkyl halides is 2. The normalized spacial score (nSPS) is 37.8. The number of rotatable bonds is 5. The molecule has 24 heavy (non-hydrogen) atoms. The Morgan fingerprint density at radius 3 is 2.17 bits per heavy atom. The third-order valence-corrected chi connectivity index (χ3v) is 6.49. The monoisotopic (exact) mass is 376 g/mol. The second-order valence-electron chi connectivity index (χ2n) is 7.67. The number of carbonyl (C=O) groups excluding carboxylic acids is 1. The van der Waals surface area contributed by atoms with Crippen molar-refractivity contribution in [1.82, 2.24) is 0 Å². The summed E-state index contributed by atoms with van der Waals surface area (Å²) in [6.07, 6.45) is 4.82. The van der Waals surface area contributed by atoms with Gasteiger partial charge in [-0.05, 0) is 55.8 Å². The van der Waals surface area contributed by atoms with Gasteiger partial charge in [-0.1, -0.05) is 0 Å². The Bertz CT molecular complexity index is 609. The molecule has 0 aromatic carbocycles. The van der Waals surface area contributed by atoms with Crippen LogP contribution in [0, 0.1) is 22.7 Å². The Morgan fingerprint density at radius 1 is 1.21 bits per heavy atom. The van der Waals surface area contributed by atoms with Crippen LogP contribution in [-0.2, 0) is 19.6 Å². The van der Waals surface area contributed by atoms with Gasteiger partial charge in [0.05, 0.1) is 6.61 Å². The van der Waals surface area contributed by atoms with E-state index >= 15 is 0 Å². The van der Waals surface area contributed by atoms with Crippen LogP contribution in [-0.4, -0.2) is 42.5 Å². The van der Waals surface area contributed by atoms with Crippen molar-refractivity contribution in [2.24, 2.45) is 22.7 Å². The van der Waals surface area contributed by atoms with Crippen LogP contribution in [0.4, 0.5) is 8.78 Å². The van der Waals surface area contributed by atoms with Gasteiger partial charge in [0.1, 0.15) is 0 Å². The fraction of sp³-hybridized carbons (Fsp3) is 0.929. The Hall–Kier alpha value is 0.200. The molecule has 4 saturated carbocycles. The number of esters is 1. The van der Waals surface area contributed by atoms with Crippen molar-refractivity contribution in [3.05, 3.63) is 0 Å². The van der Waals surface area contributed by atoms with Gasteiger partial charge in [-0.25, -0.2) is 13.2 Å². The number of aliphatic hydroxyl groups excluding tert-OH is 1. The zero-order valence-corrected chi connectivity index (χ0v) is 16.3. The van der Waals surface area contributed by atoms with Crippen molar-refractivity contribution < 1.29 is 65.9 Å². The fourth-order valence-corrected chi connectivity index (χ4v) is 5.67. The molecule has 0 radical (unpaired) electrons. The predicted molar refractivity (Wildman–Crippen MR) is 72.2 cm³/mol. The Morgan fingerprint density at radius 2 is 1.71 bits per heavy atom. The minimum atomic E-state index is -6.09. The Labute approximate surface area is 161 Å². The number of ether oxygens (including phenoxy) is 1. The number of aliphatic hydroxyl groups is 1. The van der Waals surface area contributed by atoms with Crippen molar-refractivity contribution >= 4 is 16.1 Å². The smallest absolute Gasteiger partial charge is 0.743 e. The van der Waals surface area contributed by atoms with Crippen molar-refractivity contribution in [2.45, 2.75) is 43.8 Å². The van der Waals surface area contributed by atoms with E-state index < -0.39 is 26.8 Å². The summed E-state index contributed by atoms with van der Waals surface area (Å²) in [5, 5.41) is 4.65. The van der Waals surface area contributed by atoms with Crippen LogP contribution in [0.25, 0.3) is 0 Å². The minimum Gasteiger partial charge on any atom is -0.743 e. The first kappa shape index (κ1) is 20.5. The maximum absolute atomic E-state index is 13.2. The van der Waals surface area contributed by atoms with Gasteiger partial charge in [0.15, 0.2) is 10.1 Å². The molecule has 1 N–H and O–H groups in total. The SMILES string of the molecule is O=C(OCC12CC3CC(CC(CO)(C3)C1)C2)C(F)(F)S(=O)(=O)[O-].[Na+]. The minimum absolute atomic E-state index is 0. The molecule has 2 unspecified atom stereocenters. The molecule has 10 heteroatoms. The van der Waals surface area contributed by atoms with E-state index in [1.165, 1.54) is 0 Å². The first-order valence-corrected chi connectivity index (χ1v) is 9.03. The van der Waals surface area contributed by atoms with E-state index in [1.54, 1.807) is 0 Å². The third-order valence-electron chi connectivity index (χ3n) is 5.70. The zero-order valence-electron chi connectivity index (χ0n) is 13.5. The molecule has 0 saturated heterocycles. The average molecular weight is 376 g/mol. The van der Waals surface area contributed by atoms with Gasteiger partial charge in [0.2, 0.25) is 0 Å². The molecule has 4 fully saturated rings. The number of hydrogen-bond donors (Lipinski definition) is 1. The van der Waals surface area contributed by atoms with Gasteiger partial charge >= 0.3 is 40.8 Å². The molecule has 0 aliphatic heterocycles. The summed E-state index contributed by atoms with van der Waals surface area (Å²) >= 11 is 0. The van der Waals surface area contributed by atoms with Gasteiger partial charge in [-0.2, -0.15) is 8.78 Å². The molecule has 132 valence electrons. The topological polar surface area (TPSA) is 104 Å². The van der Waals surface area contributed by atoms with Gasteiger partial charge in [0.25, 0.3) is 0 Å². The summed E-state index contributed by atoms with van der Waals surface area (Å²) in [7, 11) is -6.09. The second kappa shape index (κ2) is 6.42. The molecule has 2 atom stereocenters. The van der Waals surface area contributed by atoms with Crippen LogP contribution in [0.2, 0.25) is 0 Å². The van der Waals surface area contributed by atoms with E-state index in [-0.39, 0.29) is 48.2 Å². The van der Waals surface area contributed by atoms with Crippen molar-refractivity contribution in [1.29, 1.82) is 0 Å². The summed E-state index contributed by atoms with van der Waals surface area (Å²) in [4.78, 5) is 11.4. The van der Waals surface area contributed by atoms with Crippen LogP contribution < -0.4 is 29.6 Å². The predicted octanol–water partition coefficient (Wildman–Crippen LogP) is -1.75. The van der Waals surface area contributed by atoms with Crippen molar-refractivity contribution in [3.8, 4) is 0 Å². The maximum Gasteiger partial charge on any atom is 1.00 e. The first-order chi connectivity index (χ1) is 10.5. The summed E-state index contributed by atoms with van der Waals surface area (Å²) < 4.78 is 62.4. The largest absolute Gasteiger partial charge is 1.00 e. The van der Waals surface area contributed by atoms with Crippen LogP contribution in [0.3, 0.4) is 0 Å². The van der Waals surface area contributed by atoms with Gasteiger partial charge in [0, 0.05) is 12.0 Å². The quantitative estimate of drug-likeness (QED) is 0.347. The standard InChI is InChI=1S/C14H20F2O6S.Na/c15-14(16,23(19,20)21)11(18)22-8-13-4-9-1-10(5-13)3-12(2-9,6-13)7-17;/h9-10,17H,1-8H2,(H,19,20,21);/q;+1/p-1. The van der Waals surface area contributed by atoms with Gasteiger partial charge < -0.3 is 14.4 Å². The molecular weight excluding hydrogens is 357 g/mol. The third kappa shape index (κ3) is 3.40. The molecule has 4 bridgehead atoms. The molecule has 4 aliphatic carbocycles. The number of hydrogen-bond acceptors (Lipinski definition) is 6. The van der Waals surface area contributed by atoms with Crippen LogP contribution in [0.5, 0.6) is 0 Å². The fourth-order valence-electron chi connectivity index (χ4n) is 5.41. The van der Waals surface area contributed by atoms with Crippen molar-refractivity contribution in [2.75, 3.05) is 13.2 Å². The molecule has 0 spiro atoms. The second-order valence-corrected chi connectivity index (χ2v) is 9.09. The molecule has 6 nitrogen and oxygen atoms in total. The molecule has 4 aliphatic rings. The van der Waals surface area contributed by atoms with E-state index in [2.05, 4.69) is 4.74 Å². The Balaban J connectivity index is 0.00000208. The van der Waals surface area contributed by atoms with Gasteiger partial charge in [-0.3, -0.25) is 0 Å². The van der Waals surface area contributed by atoms with Crippen LogP contribution in [0.1, 0.15) is 38.5 Å². The van der Waals surface area contributed by atoms with Crippen LogP contribution in [0.15, 0.2) is 0 Å². The first-order valence-electron chi connectivity index (χ1n) is 7.62. The molecule has 0 aromatic heterocycles. The van der Waals surface area contributed by atoms with E-state index in [0.29, 0.717) is 31.1 Å². The Kier molecular flexibility index (Phi) is 5.49. The zero-order chi connectivity index (χ0) is 17.1. The van der Waals surface area contributed by atoms with E-state index in [9.17, 15) is 31.7 Å².